The van der Waals surface area contributed by atoms with Crippen LogP contribution in [0.2, 0.25) is 0 Å². The molecule has 3 amide bonds. The highest BCUT2D eigenvalue weighted by Gasteiger charge is 2.38. The van der Waals surface area contributed by atoms with Crippen molar-refractivity contribution in [2.75, 3.05) is 37.2 Å². The van der Waals surface area contributed by atoms with Crippen LogP contribution < -0.4 is 10.6 Å². The summed E-state index contributed by atoms with van der Waals surface area (Å²) in [6, 6.07) is 7.42. The molecule has 1 atom stereocenters. The summed E-state index contributed by atoms with van der Waals surface area (Å²) in [4.78, 5) is 34.7. The Morgan fingerprint density at radius 2 is 2.03 bits per heavy atom. The normalized spacial score (nSPS) is 18.1. The number of carbonyl (C=O) groups is 2. The van der Waals surface area contributed by atoms with E-state index in [4.69, 9.17) is 4.99 Å². The van der Waals surface area contributed by atoms with Crippen molar-refractivity contribution in [1.82, 2.24) is 15.1 Å². The highest BCUT2D eigenvalue weighted by atomic mass is 32.2. The van der Waals surface area contributed by atoms with E-state index in [9.17, 15) is 9.59 Å². The van der Waals surface area contributed by atoms with E-state index < -0.39 is 0 Å². The average Bonchev–Trinajstić information content (AvgIpc) is 2.79. The van der Waals surface area contributed by atoms with Crippen LogP contribution in [0.4, 0.5) is 10.5 Å². The topological polar surface area (TPSA) is 77.0 Å². The number of rotatable bonds is 8. The fraction of sp³-hybridized carbons (Fsp3) is 0.542. The Bertz CT molecular complexity index is 894. The Balaban J connectivity index is 1.94. The van der Waals surface area contributed by atoms with Crippen molar-refractivity contribution in [3.63, 3.8) is 0 Å². The number of likely N-dealkylation sites (N-methyl/N-ethyl adjacent to an activating group) is 1. The lowest BCUT2D eigenvalue weighted by atomic mass is 9.93. The molecule has 1 unspecified atom stereocenters. The number of hydrogen-bond donors (Lipinski definition) is 2. The summed E-state index contributed by atoms with van der Waals surface area (Å²) in [6.45, 7) is 10.9. The van der Waals surface area contributed by atoms with Gasteiger partial charge in [0.05, 0.1) is 17.3 Å². The summed E-state index contributed by atoms with van der Waals surface area (Å²) in [5.41, 5.74) is 3.21. The second-order valence-electron chi connectivity index (χ2n) is 8.03. The summed E-state index contributed by atoms with van der Waals surface area (Å²) in [7, 11) is 0. The minimum atomic E-state index is -0.215. The third-order valence-electron chi connectivity index (χ3n) is 5.82. The largest absolute Gasteiger partial charge is 0.340 e. The lowest BCUT2D eigenvalue weighted by Crippen LogP contribution is -2.45. The van der Waals surface area contributed by atoms with E-state index in [0.29, 0.717) is 19.6 Å². The molecular formula is C24H35N5O2S. The van der Waals surface area contributed by atoms with Crippen molar-refractivity contribution in [2.45, 2.75) is 53.0 Å². The van der Waals surface area contributed by atoms with E-state index in [1.54, 1.807) is 11.8 Å². The Morgan fingerprint density at radius 3 is 2.75 bits per heavy atom. The molecule has 2 N–H and O–H groups in total. The van der Waals surface area contributed by atoms with Gasteiger partial charge in [-0.05, 0) is 51.3 Å². The van der Waals surface area contributed by atoms with Crippen LogP contribution in [0.25, 0.3) is 0 Å². The second-order valence-corrected chi connectivity index (χ2v) is 9.09. The van der Waals surface area contributed by atoms with Gasteiger partial charge in [0.25, 0.3) is 5.91 Å². The molecule has 1 aromatic rings. The molecule has 0 saturated carbocycles. The number of nitrogens with one attached hydrogen (secondary N) is 2. The van der Waals surface area contributed by atoms with Gasteiger partial charge in [-0.25, -0.2) is 9.79 Å². The predicted octanol–water partition coefficient (Wildman–Crippen LogP) is 4.60. The van der Waals surface area contributed by atoms with Gasteiger partial charge in [-0.2, -0.15) is 0 Å². The quantitative estimate of drug-likeness (QED) is 0.559. The number of amidine groups is 1. The van der Waals surface area contributed by atoms with Crippen LogP contribution in [-0.4, -0.2) is 58.8 Å². The maximum atomic E-state index is 13.5. The Labute approximate surface area is 195 Å². The van der Waals surface area contributed by atoms with E-state index in [-0.39, 0.29) is 18.0 Å². The first-order chi connectivity index (χ1) is 15.5. The Morgan fingerprint density at radius 1 is 1.25 bits per heavy atom. The third kappa shape index (κ3) is 5.46. The monoisotopic (exact) mass is 457 g/mol. The summed E-state index contributed by atoms with van der Waals surface area (Å²) in [5.74, 6) is 1.07. The predicted molar refractivity (Wildman–Crippen MR) is 133 cm³/mol. The number of carbonyl (C=O) groups excluding carboxylic acids is 2. The zero-order valence-corrected chi connectivity index (χ0v) is 20.4. The van der Waals surface area contributed by atoms with Gasteiger partial charge in [-0.15, -0.1) is 0 Å². The first-order valence-electron chi connectivity index (χ1n) is 11.6. The van der Waals surface area contributed by atoms with E-state index in [1.165, 1.54) is 0 Å². The molecule has 1 aromatic carbocycles. The number of hydrogen-bond acceptors (Lipinski definition) is 5. The van der Waals surface area contributed by atoms with Crippen LogP contribution in [0.15, 0.2) is 40.5 Å². The number of allylic oxidation sites excluding steroid dienone is 1. The molecule has 2 aliphatic rings. The lowest BCUT2D eigenvalue weighted by molar-refractivity contribution is -0.127. The first kappa shape index (κ1) is 24.2. The van der Waals surface area contributed by atoms with Crippen LogP contribution in [-0.2, 0) is 4.79 Å². The van der Waals surface area contributed by atoms with Gasteiger partial charge < -0.3 is 20.4 Å². The minimum absolute atomic E-state index is 0.0338. The summed E-state index contributed by atoms with van der Waals surface area (Å²) in [6.07, 6.45) is 3.03. The zero-order valence-electron chi connectivity index (χ0n) is 19.6. The number of fused-ring (bicyclic) bond motifs is 1. The van der Waals surface area contributed by atoms with Crippen LogP contribution in [0.1, 0.15) is 58.6 Å². The van der Waals surface area contributed by atoms with Crippen LogP contribution >= 0.6 is 11.8 Å². The van der Waals surface area contributed by atoms with Gasteiger partial charge in [0.2, 0.25) is 0 Å². The number of nitrogens with zero attached hydrogens (tertiary/aromatic N) is 3. The molecule has 0 aromatic heterocycles. The molecule has 0 spiro atoms. The first-order valence-corrected chi connectivity index (χ1v) is 12.6. The molecule has 174 valence electrons. The summed E-state index contributed by atoms with van der Waals surface area (Å²) >= 11 is 1.75. The molecule has 0 radical (unpaired) electrons. The van der Waals surface area contributed by atoms with Crippen LogP contribution in [0.3, 0.4) is 0 Å². The fourth-order valence-corrected chi connectivity index (χ4v) is 5.13. The lowest BCUT2D eigenvalue weighted by Gasteiger charge is -2.41. The average molecular weight is 458 g/mol. The SMILES string of the molecule is CCCCNC(=O)Nc1cccc(C2C(C(=O)N(CC)CC)=C(C)N=C3SCCCN32)c1. The zero-order chi connectivity index (χ0) is 23.1. The minimum Gasteiger partial charge on any atom is -0.340 e. The number of urea groups is 1. The van der Waals surface area contributed by atoms with Gasteiger partial charge in [0.1, 0.15) is 0 Å². The number of amides is 3. The van der Waals surface area contributed by atoms with Crippen molar-refractivity contribution < 1.29 is 9.59 Å². The summed E-state index contributed by atoms with van der Waals surface area (Å²) in [5, 5.41) is 6.80. The molecule has 0 bridgehead atoms. The molecular weight excluding hydrogens is 422 g/mol. The number of thioether (sulfide) groups is 1. The van der Waals surface area contributed by atoms with Gasteiger partial charge in [0.15, 0.2) is 5.17 Å². The van der Waals surface area contributed by atoms with Crippen molar-refractivity contribution in [3.8, 4) is 0 Å². The standard InChI is InChI=1S/C24H35N5O2S/c1-5-8-13-25-23(31)27-19-12-9-11-18(16-19)21-20(22(30)28(6-2)7-3)17(4)26-24-29(21)14-10-15-32-24/h9,11-12,16,21H,5-8,10,13-15H2,1-4H3,(H2,25,27,31). The van der Waals surface area contributed by atoms with E-state index >= 15 is 0 Å². The Hall–Kier alpha value is -2.48. The maximum Gasteiger partial charge on any atom is 0.319 e. The molecule has 2 heterocycles. The van der Waals surface area contributed by atoms with Crippen LogP contribution in [0.5, 0.6) is 0 Å². The second kappa shape index (κ2) is 11.4. The van der Waals surface area contributed by atoms with E-state index in [0.717, 1.165) is 59.2 Å². The maximum absolute atomic E-state index is 13.5. The molecule has 32 heavy (non-hydrogen) atoms. The van der Waals surface area contributed by atoms with Crippen molar-refractivity contribution in [2.24, 2.45) is 4.99 Å². The Kier molecular flexibility index (Phi) is 8.61. The molecule has 2 aliphatic heterocycles. The van der Waals surface area contributed by atoms with Crippen molar-refractivity contribution in [3.05, 3.63) is 41.1 Å². The van der Waals surface area contributed by atoms with Gasteiger partial charge in [-0.3, -0.25) is 4.79 Å². The number of aliphatic imine (C=N–C) groups is 1. The van der Waals surface area contributed by atoms with E-state index in [1.807, 2.05) is 49.9 Å². The number of benzene rings is 1. The van der Waals surface area contributed by atoms with Crippen molar-refractivity contribution in [1.29, 1.82) is 0 Å². The van der Waals surface area contributed by atoms with Gasteiger partial charge in [0, 0.05) is 37.6 Å². The molecule has 1 fully saturated rings. The van der Waals surface area contributed by atoms with Crippen molar-refractivity contribution >= 4 is 34.6 Å². The van der Waals surface area contributed by atoms with Gasteiger partial charge in [-0.1, -0.05) is 37.2 Å². The number of unbranched alkanes of at least 4 members (excludes halogenated alkanes) is 1. The van der Waals surface area contributed by atoms with Gasteiger partial charge >= 0.3 is 6.03 Å². The molecule has 1 saturated heterocycles. The highest BCUT2D eigenvalue weighted by Crippen LogP contribution is 2.40. The molecule has 0 aliphatic carbocycles. The smallest absolute Gasteiger partial charge is 0.319 e. The molecule has 8 heteroatoms. The fourth-order valence-electron chi connectivity index (χ4n) is 4.11. The summed E-state index contributed by atoms with van der Waals surface area (Å²) < 4.78 is 0. The third-order valence-corrected chi connectivity index (χ3v) is 6.89. The van der Waals surface area contributed by atoms with Crippen LogP contribution in [0, 0.1) is 0 Å². The molecule has 3 rings (SSSR count). The molecule has 7 nitrogen and oxygen atoms in total. The number of anilines is 1. The van der Waals surface area contributed by atoms with E-state index in [2.05, 4.69) is 22.5 Å². The highest BCUT2D eigenvalue weighted by molar-refractivity contribution is 8.13.